The van der Waals surface area contributed by atoms with Crippen LogP contribution < -0.4 is 4.90 Å². The number of halogens is 3. The molecule has 3 rings (SSSR count). The Bertz CT molecular complexity index is 939. The van der Waals surface area contributed by atoms with Crippen LogP contribution in [0.1, 0.15) is 31.4 Å². The van der Waals surface area contributed by atoms with Crippen molar-refractivity contribution in [3.05, 3.63) is 62.6 Å². The van der Waals surface area contributed by atoms with Gasteiger partial charge in [-0.1, -0.05) is 34.8 Å². The van der Waals surface area contributed by atoms with Crippen molar-refractivity contribution in [3.63, 3.8) is 0 Å². The molecule has 1 aliphatic heterocycles. The number of nitriles is 1. The molecule has 1 atom stereocenters. The van der Waals surface area contributed by atoms with Crippen LogP contribution in [0.15, 0.2) is 36.4 Å². The Morgan fingerprint density at radius 1 is 1.18 bits per heavy atom. The van der Waals surface area contributed by atoms with Crippen molar-refractivity contribution >= 4 is 46.4 Å². The van der Waals surface area contributed by atoms with E-state index < -0.39 is 0 Å². The van der Waals surface area contributed by atoms with Crippen molar-refractivity contribution in [3.8, 4) is 6.07 Å². The highest BCUT2D eigenvalue weighted by Crippen LogP contribution is 2.32. The molecule has 2 aromatic rings. The normalized spacial score (nSPS) is 16.5. The summed E-state index contributed by atoms with van der Waals surface area (Å²) >= 11 is 18.8. The first-order chi connectivity index (χ1) is 13.3. The van der Waals surface area contributed by atoms with Gasteiger partial charge in [0.2, 0.25) is 5.91 Å². The van der Waals surface area contributed by atoms with Crippen molar-refractivity contribution in [1.29, 1.82) is 5.26 Å². The summed E-state index contributed by atoms with van der Waals surface area (Å²) in [7, 11) is 0. The molecule has 1 saturated heterocycles. The van der Waals surface area contributed by atoms with E-state index in [1.165, 1.54) is 0 Å². The molecule has 146 valence electrons. The highest BCUT2D eigenvalue weighted by Gasteiger charge is 2.35. The lowest BCUT2D eigenvalue weighted by Gasteiger charge is -2.32. The van der Waals surface area contributed by atoms with Crippen molar-refractivity contribution < 1.29 is 4.79 Å². The monoisotopic (exact) mass is 435 g/mol. The van der Waals surface area contributed by atoms with Gasteiger partial charge in [-0.25, -0.2) is 0 Å². The van der Waals surface area contributed by atoms with Gasteiger partial charge in [0, 0.05) is 41.3 Å². The maximum atomic E-state index is 12.5. The van der Waals surface area contributed by atoms with Gasteiger partial charge in [-0.05, 0) is 55.8 Å². The number of hydrogen-bond donors (Lipinski definition) is 0. The standard InChI is InChI=1S/C21H20Cl3N3O/c1-13(2)26-12-18(9-21(26)28)27(11-15-7-16(22)4-6-19(15)23)17-5-3-14(10-25)20(24)8-17/h3-8,13,18H,9,11-12H2,1-2H3/t18-/m0/s1. The van der Waals surface area contributed by atoms with E-state index >= 15 is 0 Å². The molecular weight excluding hydrogens is 417 g/mol. The molecule has 0 radical (unpaired) electrons. The van der Waals surface area contributed by atoms with Gasteiger partial charge in [0.25, 0.3) is 0 Å². The van der Waals surface area contributed by atoms with Crippen LogP contribution in [0.5, 0.6) is 0 Å². The molecule has 0 N–H and O–H groups in total. The third-order valence-electron chi connectivity index (χ3n) is 4.96. The van der Waals surface area contributed by atoms with Crippen LogP contribution in [0.3, 0.4) is 0 Å². The average molecular weight is 437 g/mol. The molecule has 1 amide bonds. The Balaban J connectivity index is 1.99. The molecule has 7 heteroatoms. The van der Waals surface area contributed by atoms with Crippen LogP contribution in [-0.2, 0) is 11.3 Å². The van der Waals surface area contributed by atoms with Crippen molar-refractivity contribution in [2.24, 2.45) is 0 Å². The minimum Gasteiger partial charge on any atom is -0.362 e. The highest BCUT2D eigenvalue weighted by atomic mass is 35.5. The van der Waals surface area contributed by atoms with Crippen LogP contribution in [0.4, 0.5) is 5.69 Å². The Hall–Kier alpha value is -1.93. The van der Waals surface area contributed by atoms with E-state index in [4.69, 9.17) is 40.1 Å². The van der Waals surface area contributed by atoms with E-state index in [9.17, 15) is 4.79 Å². The lowest BCUT2D eigenvalue weighted by atomic mass is 10.1. The van der Waals surface area contributed by atoms with Gasteiger partial charge in [-0.2, -0.15) is 5.26 Å². The maximum absolute atomic E-state index is 12.5. The molecule has 2 aromatic carbocycles. The summed E-state index contributed by atoms with van der Waals surface area (Å²) < 4.78 is 0. The number of carbonyl (C=O) groups excluding carboxylic acids is 1. The lowest BCUT2D eigenvalue weighted by molar-refractivity contribution is -0.129. The molecular formula is C21H20Cl3N3O. The number of anilines is 1. The largest absolute Gasteiger partial charge is 0.362 e. The van der Waals surface area contributed by atoms with Gasteiger partial charge in [0.1, 0.15) is 6.07 Å². The molecule has 1 fully saturated rings. The zero-order chi connectivity index (χ0) is 20.4. The first-order valence-corrected chi connectivity index (χ1v) is 10.1. The predicted octanol–water partition coefficient (Wildman–Crippen LogP) is 5.53. The molecule has 1 aliphatic rings. The lowest BCUT2D eigenvalue weighted by Crippen LogP contribution is -2.39. The van der Waals surface area contributed by atoms with Gasteiger partial charge >= 0.3 is 0 Å². The van der Waals surface area contributed by atoms with Crippen molar-refractivity contribution in [1.82, 2.24) is 4.90 Å². The second kappa shape index (κ2) is 8.61. The maximum Gasteiger partial charge on any atom is 0.225 e. The van der Waals surface area contributed by atoms with E-state index in [1.54, 1.807) is 24.3 Å². The molecule has 0 spiro atoms. The zero-order valence-electron chi connectivity index (χ0n) is 15.6. The smallest absolute Gasteiger partial charge is 0.225 e. The summed E-state index contributed by atoms with van der Waals surface area (Å²) in [5.41, 5.74) is 2.12. The van der Waals surface area contributed by atoms with Crippen LogP contribution in [-0.4, -0.2) is 29.4 Å². The van der Waals surface area contributed by atoms with Crippen LogP contribution in [0.2, 0.25) is 15.1 Å². The molecule has 4 nitrogen and oxygen atoms in total. The van der Waals surface area contributed by atoms with E-state index in [0.717, 1.165) is 11.3 Å². The number of hydrogen-bond acceptors (Lipinski definition) is 3. The summed E-state index contributed by atoms with van der Waals surface area (Å²) in [6.45, 7) is 5.12. The second-order valence-corrected chi connectivity index (χ2v) is 8.39. The fourth-order valence-corrected chi connectivity index (χ4v) is 4.06. The first-order valence-electron chi connectivity index (χ1n) is 9.00. The molecule has 0 aromatic heterocycles. The number of likely N-dealkylation sites (tertiary alicyclic amines) is 1. The average Bonchev–Trinajstić information content (AvgIpc) is 3.04. The van der Waals surface area contributed by atoms with E-state index in [-0.39, 0.29) is 18.0 Å². The summed E-state index contributed by atoms with van der Waals surface area (Å²) in [4.78, 5) is 16.5. The number of carbonyl (C=O) groups is 1. The van der Waals surface area contributed by atoms with Crippen LogP contribution in [0, 0.1) is 11.3 Å². The molecule has 0 unspecified atom stereocenters. The van der Waals surface area contributed by atoms with E-state index in [1.807, 2.05) is 30.9 Å². The van der Waals surface area contributed by atoms with Gasteiger partial charge in [-0.15, -0.1) is 0 Å². The zero-order valence-corrected chi connectivity index (χ0v) is 17.9. The molecule has 0 bridgehead atoms. The predicted molar refractivity (Wildman–Crippen MR) is 114 cm³/mol. The second-order valence-electron chi connectivity index (χ2n) is 7.14. The molecule has 1 heterocycles. The number of benzene rings is 2. The van der Waals surface area contributed by atoms with Crippen LogP contribution >= 0.6 is 34.8 Å². The molecule has 0 aliphatic carbocycles. The van der Waals surface area contributed by atoms with E-state index in [2.05, 4.69) is 11.0 Å². The third-order valence-corrected chi connectivity index (χ3v) is 5.87. The van der Waals surface area contributed by atoms with Gasteiger partial charge in [0.15, 0.2) is 0 Å². The number of rotatable bonds is 5. The SMILES string of the molecule is CC(C)N1C[C@@H](N(Cc2cc(Cl)ccc2Cl)c2ccc(C#N)c(Cl)c2)CC1=O. The van der Waals surface area contributed by atoms with Crippen LogP contribution in [0.25, 0.3) is 0 Å². The summed E-state index contributed by atoms with van der Waals surface area (Å²) in [5, 5.41) is 10.8. The Morgan fingerprint density at radius 2 is 1.93 bits per heavy atom. The van der Waals surface area contributed by atoms with E-state index in [0.29, 0.717) is 40.1 Å². The first kappa shape index (κ1) is 20.8. The van der Waals surface area contributed by atoms with Gasteiger partial charge in [-0.3, -0.25) is 4.79 Å². The van der Waals surface area contributed by atoms with Gasteiger partial charge in [0.05, 0.1) is 16.6 Å². The quantitative estimate of drug-likeness (QED) is 0.618. The minimum absolute atomic E-state index is 0.0334. The topological polar surface area (TPSA) is 47.3 Å². The fraction of sp³-hybridized carbons (Fsp3) is 0.333. The molecule has 0 saturated carbocycles. The number of nitrogens with zero attached hydrogens (tertiary/aromatic N) is 3. The molecule has 28 heavy (non-hydrogen) atoms. The van der Waals surface area contributed by atoms with Crippen molar-refractivity contribution in [2.45, 2.75) is 38.9 Å². The summed E-state index contributed by atoms with van der Waals surface area (Å²) in [6.07, 6.45) is 0.411. The van der Waals surface area contributed by atoms with Gasteiger partial charge < -0.3 is 9.80 Å². The third kappa shape index (κ3) is 4.38. The Morgan fingerprint density at radius 3 is 2.54 bits per heavy atom. The number of amides is 1. The highest BCUT2D eigenvalue weighted by molar-refractivity contribution is 6.33. The fourth-order valence-electron chi connectivity index (χ4n) is 3.47. The minimum atomic E-state index is -0.0334. The Kier molecular flexibility index (Phi) is 6.40. The Labute approximate surface area is 180 Å². The summed E-state index contributed by atoms with van der Waals surface area (Å²) in [5.74, 6) is 0.127. The van der Waals surface area contributed by atoms with Crippen molar-refractivity contribution in [2.75, 3.05) is 11.4 Å². The summed E-state index contributed by atoms with van der Waals surface area (Å²) in [6, 6.07) is 12.8.